The Hall–Kier alpha value is -2.86. The van der Waals surface area contributed by atoms with Crippen LogP contribution in [-0.4, -0.2) is 28.1 Å². The Balaban J connectivity index is 1.42. The Morgan fingerprint density at radius 3 is 2.61 bits per heavy atom. The molecule has 1 aromatic heterocycles. The minimum absolute atomic E-state index is 0.00601. The van der Waals surface area contributed by atoms with Gasteiger partial charge in [-0.1, -0.05) is 55.9 Å². The molecule has 31 heavy (non-hydrogen) atoms. The number of benzene rings is 2. The third-order valence-corrected chi connectivity index (χ3v) is 7.24. The first-order chi connectivity index (χ1) is 14.9. The fourth-order valence-corrected chi connectivity index (χ4v) is 5.36. The van der Waals surface area contributed by atoms with E-state index < -0.39 is 0 Å². The predicted molar refractivity (Wildman–Crippen MR) is 126 cm³/mol. The van der Waals surface area contributed by atoms with Crippen molar-refractivity contribution in [2.24, 2.45) is 0 Å². The number of anilines is 1. The summed E-state index contributed by atoms with van der Waals surface area (Å²) in [5.41, 5.74) is 3.80. The van der Waals surface area contributed by atoms with Crippen molar-refractivity contribution in [2.75, 3.05) is 17.7 Å². The van der Waals surface area contributed by atoms with E-state index in [-0.39, 0.29) is 28.6 Å². The van der Waals surface area contributed by atoms with E-state index in [9.17, 15) is 9.59 Å². The van der Waals surface area contributed by atoms with Gasteiger partial charge >= 0.3 is 0 Å². The fourth-order valence-electron chi connectivity index (χ4n) is 4.47. The predicted octanol–water partition coefficient (Wildman–Crippen LogP) is 4.70. The number of aromatic nitrogens is 2. The Morgan fingerprint density at radius 2 is 1.87 bits per heavy atom. The topological polar surface area (TPSA) is 55.2 Å². The first-order valence-electron chi connectivity index (χ1n) is 10.6. The Bertz CT molecular complexity index is 1290. The summed E-state index contributed by atoms with van der Waals surface area (Å²) in [5.74, 6) is 0.277. The van der Waals surface area contributed by atoms with Crippen molar-refractivity contribution >= 4 is 34.1 Å². The second-order valence-corrected chi connectivity index (χ2v) is 9.75. The highest BCUT2D eigenvalue weighted by Gasteiger charge is 2.38. The average molecular weight is 432 g/mol. The molecule has 158 valence electrons. The molecule has 0 amide bonds. The molecule has 5 nitrogen and oxygen atoms in total. The lowest BCUT2D eigenvalue weighted by Gasteiger charge is -2.24. The van der Waals surface area contributed by atoms with Gasteiger partial charge in [-0.2, -0.15) is 0 Å². The van der Waals surface area contributed by atoms with Gasteiger partial charge in [-0.15, -0.1) is 0 Å². The smallest absolute Gasteiger partial charge is 0.262 e. The lowest BCUT2D eigenvalue weighted by atomic mass is 9.83. The first-order valence-corrected chi connectivity index (χ1v) is 11.6. The molecule has 2 heterocycles. The molecule has 1 fully saturated rings. The van der Waals surface area contributed by atoms with Crippen molar-refractivity contribution < 1.29 is 4.79 Å². The van der Waals surface area contributed by atoms with E-state index in [1.807, 2.05) is 43.4 Å². The second-order valence-electron chi connectivity index (χ2n) is 8.80. The molecular weight excluding hydrogens is 406 g/mol. The van der Waals surface area contributed by atoms with E-state index in [1.165, 1.54) is 17.3 Å². The summed E-state index contributed by atoms with van der Waals surface area (Å²) in [5, 5.41) is 1.28. The molecule has 6 heteroatoms. The van der Waals surface area contributed by atoms with Crippen molar-refractivity contribution in [2.45, 2.75) is 43.3 Å². The molecule has 1 aliphatic heterocycles. The van der Waals surface area contributed by atoms with Gasteiger partial charge in [0.1, 0.15) is 0 Å². The molecule has 2 aliphatic rings. The standard InChI is InChI=1S/C25H25N3O2S/c1-25(2)19-9-5-7-11-21(19)27(3)22(25)14-17(29)15-31-24-26-20-10-6-4-8-18(20)23(30)28(24)16-12-13-16/h4-11,14,16H,12-13,15H2,1-3H3/b22-14-. The summed E-state index contributed by atoms with van der Waals surface area (Å²) in [6.45, 7) is 4.30. The molecular formula is C25H25N3O2S. The summed E-state index contributed by atoms with van der Waals surface area (Å²) in [4.78, 5) is 32.8. The van der Waals surface area contributed by atoms with E-state index in [2.05, 4.69) is 30.9 Å². The van der Waals surface area contributed by atoms with Crippen LogP contribution in [0.1, 0.15) is 38.3 Å². The molecule has 0 radical (unpaired) electrons. The van der Waals surface area contributed by atoms with Crippen LogP contribution in [0.2, 0.25) is 0 Å². The lowest BCUT2D eigenvalue weighted by Crippen LogP contribution is -2.24. The van der Waals surface area contributed by atoms with E-state index >= 15 is 0 Å². The van der Waals surface area contributed by atoms with Crippen LogP contribution in [0.25, 0.3) is 10.9 Å². The van der Waals surface area contributed by atoms with Crippen LogP contribution in [0.4, 0.5) is 5.69 Å². The Morgan fingerprint density at radius 1 is 1.16 bits per heavy atom. The van der Waals surface area contributed by atoms with Crippen molar-refractivity contribution in [3.63, 3.8) is 0 Å². The molecule has 0 bridgehead atoms. The number of para-hydroxylation sites is 2. The molecule has 0 N–H and O–H groups in total. The van der Waals surface area contributed by atoms with E-state index in [4.69, 9.17) is 4.98 Å². The quantitative estimate of drug-likeness (QED) is 0.333. The number of rotatable bonds is 5. The van der Waals surface area contributed by atoms with Crippen molar-refractivity contribution in [3.8, 4) is 0 Å². The van der Waals surface area contributed by atoms with Gasteiger partial charge < -0.3 is 4.90 Å². The monoisotopic (exact) mass is 431 g/mol. The molecule has 5 rings (SSSR count). The molecule has 3 aromatic rings. The van der Waals surface area contributed by atoms with Gasteiger partial charge in [0.2, 0.25) is 0 Å². The van der Waals surface area contributed by atoms with E-state index in [0.717, 1.165) is 24.2 Å². The Kier molecular flexibility index (Phi) is 4.77. The highest BCUT2D eigenvalue weighted by molar-refractivity contribution is 7.99. The van der Waals surface area contributed by atoms with Crippen LogP contribution in [0.5, 0.6) is 0 Å². The molecule has 1 saturated carbocycles. The maximum absolute atomic E-state index is 13.0. The molecule has 2 aromatic carbocycles. The number of allylic oxidation sites excluding steroid dienone is 2. The number of fused-ring (bicyclic) bond motifs is 2. The van der Waals surface area contributed by atoms with E-state index in [0.29, 0.717) is 16.1 Å². The van der Waals surface area contributed by atoms with Crippen LogP contribution in [0, 0.1) is 0 Å². The van der Waals surface area contributed by atoms with Crippen LogP contribution in [0.3, 0.4) is 0 Å². The summed E-state index contributed by atoms with van der Waals surface area (Å²) in [6, 6.07) is 15.9. The lowest BCUT2D eigenvalue weighted by molar-refractivity contribution is -0.112. The first kappa shape index (κ1) is 20.1. The molecule has 1 aliphatic carbocycles. The molecule has 0 saturated heterocycles. The fraction of sp³-hybridized carbons (Fsp3) is 0.320. The zero-order valence-corrected chi connectivity index (χ0v) is 18.8. The Labute approximate surface area is 185 Å². The van der Waals surface area contributed by atoms with Crippen LogP contribution >= 0.6 is 11.8 Å². The summed E-state index contributed by atoms with van der Waals surface area (Å²) in [7, 11) is 2.01. The van der Waals surface area contributed by atoms with Crippen molar-refractivity contribution in [1.82, 2.24) is 9.55 Å². The molecule has 0 atom stereocenters. The number of carbonyl (C=O) groups is 1. The van der Waals surface area contributed by atoms with Gasteiger partial charge in [0, 0.05) is 36.0 Å². The van der Waals surface area contributed by atoms with Crippen LogP contribution in [0.15, 0.2) is 70.3 Å². The van der Waals surface area contributed by atoms with Crippen LogP contribution < -0.4 is 10.5 Å². The largest absolute Gasteiger partial charge is 0.347 e. The van der Waals surface area contributed by atoms with E-state index in [1.54, 1.807) is 10.6 Å². The molecule has 0 unspecified atom stereocenters. The number of likely N-dealkylation sites (N-methyl/N-ethyl adjacent to an activating group) is 1. The summed E-state index contributed by atoms with van der Waals surface area (Å²) in [6.07, 6.45) is 3.74. The SMILES string of the molecule is CN1/C(=C\C(=O)CSc2nc3ccccc3c(=O)n2C2CC2)C(C)(C)c2ccccc21. The summed E-state index contributed by atoms with van der Waals surface area (Å²) < 4.78 is 1.79. The van der Waals surface area contributed by atoms with Gasteiger partial charge in [-0.3, -0.25) is 14.2 Å². The van der Waals surface area contributed by atoms with Gasteiger partial charge in [0.05, 0.1) is 16.7 Å². The van der Waals surface area contributed by atoms with Gasteiger partial charge in [-0.25, -0.2) is 4.98 Å². The number of thioether (sulfide) groups is 1. The minimum atomic E-state index is -0.233. The number of ketones is 1. The number of nitrogens with zero attached hydrogens (tertiary/aromatic N) is 3. The normalized spacial score (nSPS) is 18.5. The third-order valence-electron chi connectivity index (χ3n) is 6.27. The third kappa shape index (κ3) is 3.39. The zero-order chi connectivity index (χ0) is 21.8. The maximum Gasteiger partial charge on any atom is 0.262 e. The number of carbonyl (C=O) groups excluding carboxylic acids is 1. The van der Waals surface area contributed by atoms with Crippen molar-refractivity contribution in [1.29, 1.82) is 0 Å². The summed E-state index contributed by atoms with van der Waals surface area (Å²) >= 11 is 1.36. The number of hydrogen-bond acceptors (Lipinski definition) is 5. The van der Waals surface area contributed by atoms with Crippen LogP contribution in [-0.2, 0) is 10.2 Å². The minimum Gasteiger partial charge on any atom is -0.347 e. The van der Waals surface area contributed by atoms with Gasteiger partial charge in [0.25, 0.3) is 5.56 Å². The maximum atomic E-state index is 13.0. The zero-order valence-electron chi connectivity index (χ0n) is 18.0. The second kappa shape index (κ2) is 7.38. The van der Waals surface area contributed by atoms with Crippen molar-refractivity contribution in [3.05, 3.63) is 76.2 Å². The highest BCUT2D eigenvalue weighted by Crippen LogP contribution is 2.46. The number of hydrogen-bond donors (Lipinski definition) is 0. The molecule has 0 spiro atoms. The highest BCUT2D eigenvalue weighted by atomic mass is 32.2. The van der Waals surface area contributed by atoms with Gasteiger partial charge in [-0.05, 0) is 36.6 Å². The average Bonchev–Trinajstić information content (AvgIpc) is 3.58. The van der Waals surface area contributed by atoms with Gasteiger partial charge in [0.15, 0.2) is 10.9 Å².